The van der Waals surface area contributed by atoms with Gasteiger partial charge in [-0.1, -0.05) is 44.2 Å². The highest BCUT2D eigenvalue weighted by molar-refractivity contribution is 7.90. The van der Waals surface area contributed by atoms with Gasteiger partial charge in [0.15, 0.2) is 0 Å². The zero-order chi connectivity index (χ0) is 17.9. The summed E-state index contributed by atoms with van der Waals surface area (Å²) in [5.74, 6) is 0.123. The van der Waals surface area contributed by atoms with Crippen LogP contribution in [0.3, 0.4) is 0 Å². The number of aliphatic imine (C=N–C) groups is 1. The number of fused-ring (bicyclic) bond motifs is 1. The van der Waals surface area contributed by atoms with Crippen molar-refractivity contribution < 1.29 is 13.2 Å². The summed E-state index contributed by atoms with van der Waals surface area (Å²) in [7, 11) is -3.56. The van der Waals surface area contributed by atoms with Crippen LogP contribution in [0.15, 0.2) is 35.3 Å². The Morgan fingerprint density at radius 2 is 2.04 bits per heavy atom. The Kier molecular flexibility index (Phi) is 3.62. The fraction of sp³-hybridized carbons (Fsp3) is 0.579. The lowest BCUT2D eigenvalue weighted by Gasteiger charge is -2.36. The Hall–Kier alpha value is -1.69. The predicted octanol–water partition coefficient (Wildman–Crippen LogP) is 2.62. The number of carbonyl (C=O) groups is 1. The lowest BCUT2D eigenvalue weighted by Crippen LogP contribution is -2.44. The smallest absolute Gasteiger partial charge is 0.278 e. The number of amides is 1. The number of benzene rings is 1. The lowest BCUT2D eigenvalue weighted by molar-refractivity contribution is -0.121. The molecule has 2 saturated carbocycles. The first-order chi connectivity index (χ1) is 11.8. The lowest BCUT2D eigenvalue weighted by atomic mass is 9.69. The number of nitrogens with zero attached hydrogens (tertiary/aromatic N) is 2. The van der Waals surface area contributed by atoms with Gasteiger partial charge in [-0.25, -0.2) is 12.7 Å². The van der Waals surface area contributed by atoms with E-state index in [1.54, 1.807) is 0 Å². The van der Waals surface area contributed by atoms with Gasteiger partial charge in [0.05, 0.1) is 24.6 Å². The molecule has 5 nitrogen and oxygen atoms in total. The maximum Gasteiger partial charge on any atom is 0.278 e. The van der Waals surface area contributed by atoms with Gasteiger partial charge in [0.1, 0.15) is 0 Å². The van der Waals surface area contributed by atoms with E-state index in [0.29, 0.717) is 12.5 Å². The molecule has 2 aliphatic carbocycles. The number of hydrogen-bond acceptors (Lipinski definition) is 4. The van der Waals surface area contributed by atoms with Crippen molar-refractivity contribution in [3.8, 4) is 0 Å². The fourth-order valence-electron chi connectivity index (χ4n) is 5.45. The molecule has 0 aromatic heterocycles. The molecule has 134 valence electrons. The van der Waals surface area contributed by atoms with E-state index < -0.39 is 15.9 Å². The fourth-order valence-corrected chi connectivity index (χ4v) is 7.94. The van der Waals surface area contributed by atoms with Gasteiger partial charge in [-0.2, -0.15) is 0 Å². The second-order valence-corrected chi connectivity index (χ2v) is 10.1. The zero-order valence-corrected chi connectivity index (χ0v) is 15.5. The zero-order valence-electron chi connectivity index (χ0n) is 14.7. The summed E-state index contributed by atoms with van der Waals surface area (Å²) in [6, 6.07) is 9.43. The van der Waals surface area contributed by atoms with Crippen molar-refractivity contribution in [3.05, 3.63) is 35.9 Å². The summed E-state index contributed by atoms with van der Waals surface area (Å²) in [5, 5.41) is 0. The summed E-state index contributed by atoms with van der Waals surface area (Å²) in [4.78, 5) is 16.9. The molecular weight excluding hydrogens is 336 g/mol. The summed E-state index contributed by atoms with van der Waals surface area (Å²) in [6.45, 7) is 4.74. The maximum absolute atomic E-state index is 12.8. The number of carbonyl (C=O) groups excluding carboxylic acids is 1. The molecule has 0 N–H and O–H groups in total. The number of sulfonamides is 1. The molecule has 1 spiro atoms. The Morgan fingerprint density at radius 1 is 1.32 bits per heavy atom. The van der Waals surface area contributed by atoms with Gasteiger partial charge in [-0.15, -0.1) is 0 Å². The molecule has 4 rings (SSSR count). The van der Waals surface area contributed by atoms with E-state index in [-0.39, 0.29) is 22.6 Å². The second kappa shape index (κ2) is 5.40. The van der Waals surface area contributed by atoms with Gasteiger partial charge in [-0.3, -0.25) is 9.79 Å². The summed E-state index contributed by atoms with van der Waals surface area (Å²) in [5.41, 5.74) is 0.689. The third-order valence-corrected chi connectivity index (χ3v) is 8.86. The topological polar surface area (TPSA) is 66.8 Å². The summed E-state index contributed by atoms with van der Waals surface area (Å²) < 4.78 is 26.7. The predicted molar refractivity (Wildman–Crippen MR) is 96.6 cm³/mol. The molecule has 1 amide bonds. The van der Waals surface area contributed by atoms with Crippen LogP contribution < -0.4 is 0 Å². The molecule has 1 heterocycles. The molecule has 1 aliphatic heterocycles. The minimum Gasteiger partial charge on any atom is -0.283 e. The third-order valence-electron chi connectivity index (χ3n) is 6.95. The number of hydrogen-bond donors (Lipinski definition) is 0. The van der Waals surface area contributed by atoms with Crippen molar-refractivity contribution in [2.75, 3.05) is 5.75 Å². The van der Waals surface area contributed by atoms with E-state index in [1.807, 2.05) is 30.3 Å². The van der Waals surface area contributed by atoms with Crippen LogP contribution in [0.5, 0.6) is 0 Å². The monoisotopic (exact) mass is 360 g/mol. The molecule has 0 unspecified atom stereocenters. The van der Waals surface area contributed by atoms with Crippen LogP contribution in [-0.2, 0) is 21.4 Å². The van der Waals surface area contributed by atoms with Crippen molar-refractivity contribution in [2.24, 2.45) is 21.7 Å². The van der Waals surface area contributed by atoms with Crippen LogP contribution in [0.25, 0.3) is 0 Å². The molecule has 1 aromatic carbocycles. The first-order valence-electron chi connectivity index (χ1n) is 8.88. The Balaban J connectivity index is 1.57. The van der Waals surface area contributed by atoms with Gasteiger partial charge in [-0.05, 0) is 36.2 Å². The summed E-state index contributed by atoms with van der Waals surface area (Å²) >= 11 is 0. The largest absolute Gasteiger partial charge is 0.283 e. The van der Waals surface area contributed by atoms with E-state index in [1.165, 1.54) is 6.21 Å². The normalized spacial score (nSPS) is 34.6. The quantitative estimate of drug-likeness (QED) is 0.778. The van der Waals surface area contributed by atoms with E-state index in [9.17, 15) is 13.2 Å². The van der Waals surface area contributed by atoms with E-state index in [4.69, 9.17) is 0 Å². The highest BCUT2D eigenvalue weighted by atomic mass is 32.2. The summed E-state index contributed by atoms with van der Waals surface area (Å²) in [6.07, 6.45) is 3.97. The van der Waals surface area contributed by atoms with E-state index >= 15 is 0 Å². The Bertz CT molecular complexity index is 831. The minimum atomic E-state index is -3.56. The van der Waals surface area contributed by atoms with Gasteiger partial charge < -0.3 is 0 Å². The first kappa shape index (κ1) is 16.8. The highest BCUT2D eigenvalue weighted by Crippen LogP contribution is 2.69. The minimum absolute atomic E-state index is 0.0268. The third kappa shape index (κ3) is 2.30. The highest BCUT2D eigenvalue weighted by Gasteiger charge is 2.72. The molecule has 0 radical (unpaired) electrons. The van der Waals surface area contributed by atoms with Gasteiger partial charge in [0.25, 0.3) is 5.91 Å². The maximum atomic E-state index is 12.8. The van der Waals surface area contributed by atoms with Crippen LogP contribution in [0, 0.1) is 16.7 Å². The molecule has 1 saturated heterocycles. The molecule has 3 aliphatic rings. The standard InChI is InChI=1S/C19H24N2O3S/c1-18(2)15-8-9-19(18)13-25(23,24)21(16(19)10-15)17(22)12-20-11-14-6-4-3-5-7-14/h3-7,12,15-16H,8-11,13H2,1-2H3/t15-,16-,19-/m1/s1. The second-order valence-electron chi connectivity index (χ2n) is 8.21. The molecule has 3 atom stereocenters. The van der Waals surface area contributed by atoms with E-state index in [0.717, 1.165) is 29.1 Å². The van der Waals surface area contributed by atoms with Gasteiger partial charge >= 0.3 is 0 Å². The average molecular weight is 360 g/mol. The Labute approximate surface area is 149 Å². The van der Waals surface area contributed by atoms with Crippen LogP contribution in [0.1, 0.15) is 38.7 Å². The van der Waals surface area contributed by atoms with Crippen molar-refractivity contribution in [2.45, 2.75) is 45.7 Å². The molecule has 6 heteroatoms. The van der Waals surface area contributed by atoms with Gasteiger partial charge in [0, 0.05) is 5.41 Å². The van der Waals surface area contributed by atoms with Crippen LogP contribution in [0.2, 0.25) is 0 Å². The van der Waals surface area contributed by atoms with Crippen molar-refractivity contribution in [1.29, 1.82) is 0 Å². The van der Waals surface area contributed by atoms with Crippen LogP contribution in [-0.4, -0.2) is 36.6 Å². The van der Waals surface area contributed by atoms with Crippen molar-refractivity contribution in [3.63, 3.8) is 0 Å². The van der Waals surface area contributed by atoms with E-state index in [2.05, 4.69) is 18.8 Å². The molecule has 1 aromatic rings. The van der Waals surface area contributed by atoms with Gasteiger partial charge in [0.2, 0.25) is 10.0 Å². The van der Waals surface area contributed by atoms with Crippen LogP contribution in [0.4, 0.5) is 0 Å². The van der Waals surface area contributed by atoms with Crippen molar-refractivity contribution >= 4 is 22.1 Å². The molecule has 25 heavy (non-hydrogen) atoms. The van der Waals surface area contributed by atoms with Crippen LogP contribution >= 0.6 is 0 Å². The first-order valence-corrected chi connectivity index (χ1v) is 10.5. The number of rotatable bonds is 3. The SMILES string of the molecule is CC1(C)[C@@H]2CC[C@]13CS(=O)(=O)N(C(=O)C=NCc1ccccc1)[C@@H]3C2. The molecular formula is C19H24N2O3S. The van der Waals surface area contributed by atoms with Crippen molar-refractivity contribution in [1.82, 2.24) is 4.31 Å². The molecule has 3 fully saturated rings. The Morgan fingerprint density at radius 3 is 2.72 bits per heavy atom. The molecule has 2 bridgehead atoms. The average Bonchev–Trinajstić information content (AvgIpc) is 3.03.